The van der Waals surface area contributed by atoms with E-state index >= 15 is 0 Å². The first kappa shape index (κ1) is 25.2. The number of nitrogens with one attached hydrogen (secondary N) is 2. The fourth-order valence-corrected chi connectivity index (χ4v) is 4.70. The maximum atomic E-state index is 13.2. The Morgan fingerprint density at radius 1 is 1.16 bits per heavy atom. The van der Waals surface area contributed by atoms with Crippen LogP contribution in [-0.2, 0) is 19.4 Å². The Morgan fingerprint density at radius 2 is 1.81 bits per heavy atom. The van der Waals surface area contributed by atoms with Crippen molar-refractivity contribution in [1.82, 2.24) is 0 Å². The van der Waals surface area contributed by atoms with E-state index in [1.807, 2.05) is 5.32 Å². The van der Waals surface area contributed by atoms with Crippen molar-refractivity contribution < 1.29 is 27.5 Å². The van der Waals surface area contributed by atoms with Gasteiger partial charge in [-0.25, -0.2) is 8.42 Å². The summed E-state index contributed by atoms with van der Waals surface area (Å²) in [6.07, 6.45) is -0.0239. The predicted octanol–water partition coefficient (Wildman–Crippen LogP) is 4.58. The van der Waals surface area contributed by atoms with Crippen molar-refractivity contribution in [3.8, 4) is 5.75 Å². The largest absolute Gasteiger partial charge is 0.506 e. The van der Waals surface area contributed by atoms with Crippen LogP contribution in [0, 0.1) is 6.92 Å². The standard InChI is InChI=1S/C19H18Cl3FN2O5S/c1-3-16(31(29,30)11-6-4-5-10(2)7-11)17(27)24-13-9-15(26)14(8-12(13)20)25-18(28)19(21,22)23/h4-9,16,26H,3H2,1-2H3,(H,24,27)(H,25,28). The van der Waals surface area contributed by atoms with Crippen LogP contribution in [0.3, 0.4) is 0 Å². The lowest BCUT2D eigenvalue weighted by Crippen LogP contribution is -2.34. The molecule has 0 aliphatic heterocycles. The molecule has 2 aromatic rings. The van der Waals surface area contributed by atoms with E-state index in [4.69, 9.17) is 34.8 Å². The average molecular weight is 512 g/mol. The summed E-state index contributed by atoms with van der Waals surface area (Å²) >= 11 is 16.1. The van der Waals surface area contributed by atoms with Crippen molar-refractivity contribution in [2.24, 2.45) is 0 Å². The van der Waals surface area contributed by atoms with Gasteiger partial charge in [-0.2, -0.15) is 4.39 Å². The number of carbonyl (C=O) groups excluding carboxylic acids is 2. The molecule has 0 aliphatic carbocycles. The molecule has 0 fully saturated rings. The van der Waals surface area contributed by atoms with Crippen molar-refractivity contribution in [3.63, 3.8) is 0 Å². The van der Waals surface area contributed by atoms with Gasteiger partial charge in [0.15, 0.2) is 9.84 Å². The van der Waals surface area contributed by atoms with Crippen LogP contribution in [0.15, 0.2) is 41.3 Å². The number of sulfone groups is 1. The van der Waals surface area contributed by atoms with Crippen LogP contribution in [0.1, 0.15) is 18.9 Å². The molecule has 7 nitrogen and oxygen atoms in total. The van der Waals surface area contributed by atoms with Crippen LogP contribution in [-0.4, -0.2) is 35.2 Å². The molecule has 0 aliphatic rings. The number of phenols is 1. The van der Waals surface area contributed by atoms with Gasteiger partial charge in [0.1, 0.15) is 11.0 Å². The lowest BCUT2D eigenvalue weighted by atomic mass is 10.2. The quantitative estimate of drug-likeness (QED) is 0.372. The Labute approximate surface area is 193 Å². The number of carbonyl (C=O) groups is 2. The number of anilines is 2. The Balaban J connectivity index is 2.29. The Morgan fingerprint density at radius 3 is 2.35 bits per heavy atom. The van der Waals surface area contributed by atoms with Gasteiger partial charge >= 0.3 is 4.59 Å². The van der Waals surface area contributed by atoms with E-state index in [2.05, 4.69) is 5.32 Å². The lowest BCUT2D eigenvalue weighted by Gasteiger charge is -2.18. The van der Waals surface area contributed by atoms with Gasteiger partial charge in [0.25, 0.3) is 5.91 Å². The minimum atomic E-state index is -4.00. The number of hydrogen-bond acceptors (Lipinski definition) is 5. The molecule has 0 bridgehead atoms. The first-order valence-electron chi connectivity index (χ1n) is 8.79. The van der Waals surface area contributed by atoms with Gasteiger partial charge in [-0.15, -0.1) is 0 Å². The summed E-state index contributed by atoms with van der Waals surface area (Å²) in [7, 11) is -4.00. The number of halogens is 4. The van der Waals surface area contributed by atoms with Crippen LogP contribution >= 0.6 is 34.8 Å². The molecule has 12 heteroatoms. The van der Waals surface area contributed by atoms with Crippen molar-refractivity contribution >= 4 is 67.8 Å². The molecular formula is C19H18Cl3FN2O5S. The second kappa shape index (κ2) is 9.60. The lowest BCUT2D eigenvalue weighted by molar-refractivity contribution is -0.119. The molecule has 2 rings (SSSR count). The number of benzene rings is 2. The molecule has 31 heavy (non-hydrogen) atoms. The van der Waals surface area contributed by atoms with E-state index in [0.717, 1.165) is 12.1 Å². The third-order valence-electron chi connectivity index (χ3n) is 4.20. The zero-order valence-electron chi connectivity index (χ0n) is 16.2. The molecule has 2 amide bonds. The summed E-state index contributed by atoms with van der Waals surface area (Å²) in [6.45, 7) is 3.27. The van der Waals surface area contributed by atoms with Crippen molar-refractivity contribution in [2.75, 3.05) is 10.6 Å². The highest BCUT2D eigenvalue weighted by atomic mass is 35.5. The van der Waals surface area contributed by atoms with Gasteiger partial charge < -0.3 is 15.7 Å². The molecule has 0 saturated heterocycles. The van der Waals surface area contributed by atoms with Gasteiger partial charge in [-0.05, 0) is 37.1 Å². The van der Waals surface area contributed by atoms with E-state index in [1.165, 1.54) is 19.1 Å². The topological polar surface area (TPSA) is 113 Å². The second-order valence-electron chi connectivity index (χ2n) is 6.55. The molecular weight excluding hydrogens is 494 g/mol. The molecule has 2 aromatic carbocycles. The summed E-state index contributed by atoms with van der Waals surface area (Å²) < 4.78 is 35.8. The Hall–Kier alpha value is -2.07. The van der Waals surface area contributed by atoms with Crippen LogP contribution in [0.25, 0.3) is 0 Å². The third kappa shape index (κ3) is 6.00. The van der Waals surface area contributed by atoms with E-state index < -0.39 is 37.2 Å². The first-order chi connectivity index (χ1) is 14.3. The fraction of sp³-hybridized carbons (Fsp3) is 0.263. The molecule has 3 N–H and O–H groups in total. The Bertz CT molecular complexity index is 1120. The highest BCUT2D eigenvalue weighted by molar-refractivity contribution is 7.92. The number of phenolic OH excluding ortho intramolecular Hbond substituents is 1. The maximum absolute atomic E-state index is 13.2. The van der Waals surface area contributed by atoms with Crippen molar-refractivity contribution in [1.29, 1.82) is 0 Å². The fourth-order valence-electron chi connectivity index (χ4n) is 2.67. The number of aryl methyl sites for hydroxylation is 1. The summed E-state index contributed by atoms with van der Waals surface area (Å²) in [5.74, 6) is -2.93. The third-order valence-corrected chi connectivity index (χ3v) is 7.07. The van der Waals surface area contributed by atoms with Crippen molar-refractivity contribution in [2.45, 2.75) is 35.0 Å². The summed E-state index contributed by atoms with van der Waals surface area (Å²) in [5, 5.41) is 12.8. The molecule has 1 unspecified atom stereocenters. The van der Waals surface area contributed by atoms with Gasteiger partial charge in [-0.1, -0.05) is 53.9 Å². The zero-order chi connectivity index (χ0) is 23.6. The molecule has 168 valence electrons. The average Bonchev–Trinajstić information content (AvgIpc) is 2.65. The van der Waals surface area contributed by atoms with Crippen molar-refractivity contribution in [3.05, 3.63) is 47.0 Å². The maximum Gasteiger partial charge on any atom is 0.336 e. The molecule has 0 saturated carbocycles. The van der Waals surface area contributed by atoms with Crippen LogP contribution in [0.4, 0.5) is 15.8 Å². The minimum Gasteiger partial charge on any atom is -0.506 e. The van der Waals surface area contributed by atoms with E-state index in [0.29, 0.717) is 5.56 Å². The molecule has 1 atom stereocenters. The predicted molar refractivity (Wildman–Crippen MR) is 118 cm³/mol. The second-order valence-corrected chi connectivity index (χ2v) is 10.3. The van der Waals surface area contributed by atoms with Crippen LogP contribution in [0.2, 0.25) is 5.02 Å². The van der Waals surface area contributed by atoms with Gasteiger partial charge in [0.2, 0.25) is 5.91 Å². The minimum absolute atomic E-state index is 0.00152. The highest BCUT2D eigenvalue weighted by Crippen LogP contribution is 2.35. The summed E-state index contributed by atoms with van der Waals surface area (Å²) in [5.41, 5.74) is 0.271. The molecule has 0 aromatic heterocycles. The van der Waals surface area contributed by atoms with Gasteiger partial charge in [0.05, 0.1) is 21.3 Å². The normalized spacial score (nSPS) is 12.8. The van der Waals surface area contributed by atoms with Gasteiger partial charge in [0, 0.05) is 6.07 Å². The molecule has 0 spiro atoms. The van der Waals surface area contributed by atoms with E-state index in [-0.39, 0.29) is 27.7 Å². The zero-order valence-corrected chi connectivity index (χ0v) is 19.3. The van der Waals surface area contributed by atoms with Crippen LogP contribution < -0.4 is 10.6 Å². The number of alkyl halides is 3. The first-order valence-corrected chi connectivity index (χ1v) is 11.5. The van der Waals surface area contributed by atoms with Gasteiger partial charge in [-0.3, -0.25) is 9.59 Å². The summed E-state index contributed by atoms with van der Waals surface area (Å²) in [6, 6.07) is 8.13. The smallest absolute Gasteiger partial charge is 0.336 e. The number of aromatic hydroxyl groups is 1. The molecule has 0 heterocycles. The Kier molecular flexibility index (Phi) is 7.80. The SMILES string of the molecule is CCC(C(=O)Nc1cc(O)c(NC(=O)C(F)(Cl)Cl)cc1Cl)S(=O)(=O)c1cccc(C)c1. The summed E-state index contributed by atoms with van der Waals surface area (Å²) in [4.78, 5) is 24.2. The van der Waals surface area contributed by atoms with Crippen LogP contribution in [0.5, 0.6) is 5.75 Å². The number of rotatable bonds is 7. The number of amides is 2. The number of hydrogen-bond donors (Lipinski definition) is 3. The van der Waals surface area contributed by atoms with E-state index in [9.17, 15) is 27.5 Å². The molecule has 0 radical (unpaired) electrons. The monoisotopic (exact) mass is 510 g/mol. The highest BCUT2D eigenvalue weighted by Gasteiger charge is 2.35. The van der Waals surface area contributed by atoms with E-state index in [1.54, 1.807) is 19.1 Å².